The minimum Gasteiger partial charge on any atom is -0.399 e. The first-order chi connectivity index (χ1) is 14.2. The van der Waals surface area contributed by atoms with Crippen molar-refractivity contribution >= 4 is 23.3 Å². The van der Waals surface area contributed by atoms with E-state index < -0.39 is 0 Å². The SMILES string of the molecule is Nc1ccc(-c2nc3c(c(N4CCOCC4)n2)CN(c2ccnc(N)n2)C3)cc1. The number of nitrogens with zero attached hydrogens (tertiary/aromatic N) is 6. The van der Waals surface area contributed by atoms with Gasteiger partial charge < -0.3 is 26.0 Å². The predicted octanol–water partition coefficient (Wildman–Crippen LogP) is 1.45. The van der Waals surface area contributed by atoms with Crippen molar-refractivity contribution in [1.29, 1.82) is 0 Å². The van der Waals surface area contributed by atoms with E-state index in [0.717, 1.165) is 47.2 Å². The molecule has 1 aromatic carbocycles. The maximum absolute atomic E-state index is 5.84. The van der Waals surface area contributed by atoms with Crippen LogP contribution in [0.4, 0.5) is 23.3 Å². The van der Waals surface area contributed by atoms with Crippen molar-refractivity contribution in [1.82, 2.24) is 19.9 Å². The highest BCUT2D eigenvalue weighted by molar-refractivity contribution is 5.65. The molecule has 0 bridgehead atoms. The Hall–Kier alpha value is -3.46. The highest BCUT2D eigenvalue weighted by Crippen LogP contribution is 2.34. The Morgan fingerprint density at radius 2 is 1.66 bits per heavy atom. The van der Waals surface area contributed by atoms with E-state index in [1.165, 1.54) is 0 Å². The third kappa shape index (κ3) is 3.40. The van der Waals surface area contributed by atoms with E-state index in [1.807, 2.05) is 30.3 Å². The number of rotatable bonds is 3. The topological polar surface area (TPSA) is 119 Å². The summed E-state index contributed by atoms with van der Waals surface area (Å²) in [5.41, 5.74) is 15.4. The average Bonchev–Trinajstić information content (AvgIpc) is 3.18. The van der Waals surface area contributed by atoms with Gasteiger partial charge in [0.05, 0.1) is 32.0 Å². The maximum Gasteiger partial charge on any atom is 0.221 e. The van der Waals surface area contributed by atoms with Crippen molar-refractivity contribution < 1.29 is 4.74 Å². The zero-order valence-electron chi connectivity index (χ0n) is 16.0. The lowest BCUT2D eigenvalue weighted by Crippen LogP contribution is -2.37. The van der Waals surface area contributed by atoms with E-state index in [0.29, 0.717) is 32.1 Å². The number of anilines is 4. The molecule has 0 atom stereocenters. The number of benzene rings is 1. The molecule has 1 fully saturated rings. The quantitative estimate of drug-likeness (QED) is 0.640. The summed E-state index contributed by atoms with van der Waals surface area (Å²) in [5.74, 6) is 2.72. The van der Waals surface area contributed by atoms with Crippen molar-refractivity contribution in [2.45, 2.75) is 13.1 Å². The van der Waals surface area contributed by atoms with Crippen LogP contribution >= 0.6 is 0 Å². The summed E-state index contributed by atoms with van der Waals surface area (Å²) in [6.07, 6.45) is 1.68. The van der Waals surface area contributed by atoms with Crippen molar-refractivity contribution in [2.24, 2.45) is 0 Å². The summed E-state index contributed by atoms with van der Waals surface area (Å²) in [4.78, 5) is 22.6. The maximum atomic E-state index is 5.84. The summed E-state index contributed by atoms with van der Waals surface area (Å²) in [6, 6.07) is 9.52. The van der Waals surface area contributed by atoms with Gasteiger partial charge in [-0.05, 0) is 30.3 Å². The van der Waals surface area contributed by atoms with E-state index in [9.17, 15) is 0 Å². The van der Waals surface area contributed by atoms with Gasteiger partial charge in [0.2, 0.25) is 5.95 Å². The van der Waals surface area contributed by atoms with Crippen molar-refractivity contribution in [2.75, 3.05) is 47.6 Å². The molecule has 2 aliphatic heterocycles. The lowest BCUT2D eigenvalue weighted by atomic mass is 10.1. The Morgan fingerprint density at radius 3 is 2.41 bits per heavy atom. The predicted molar refractivity (Wildman–Crippen MR) is 111 cm³/mol. The number of ether oxygens (including phenoxy) is 1. The number of hydrogen-bond donors (Lipinski definition) is 2. The number of hydrogen-bond acceptors (Lipinski definition) is 9. The Morgan fingerprint density at radius 1 is 0.862 bits per heavy atom. The van der Waals surface area contributed by atoms with Crippen molar-refractivity contribution in [3.8, 4) is 11.4 Å². The van der Waals surface area contributed by atoms with Crippen molar-refractivity contribution in [3.63, 3.8) is 0 Å². The van der Waals surface area contributed by atoms with Crippen LogP contribution in [0.1, 0.15) is 11.3 Å². The number of nitrogens with two attached hydrogens (primary N) is 2. The average molecular weight is 390 g/mol. The van der Waals surface area contributed by atoms with Gasteiger partial charge in [-0.1, -0.05) is 0 Å². The second-order valence-corrected chi connectivity index (χ2v) is 7.15. The molecule has 3 aromatic rings. The molecule has 0 spiro atoms. The zero-order chi connectivity index (χ0) is 19.8. The molecule has 5 rings (SSSR count). The van der Waals surface area contributed by atoms with Gasteiger partial charge >= 0.3 is 0 Å². The number of morpholine rings is 1. The fourth-order valence-electron chi connectivity index (χ4n) is 3.74. The van der Waals surface area contributed by atoms with Crippen molar-refractivity contribution in [3.05, 3.63) is 47.8 Å². The molecule has 2 aromatic heterocycles. The smallest absolute Gasteiger partial charge is 0.221 e. The van der Waals surface area contributed by atoms with Crippen LogP contribution in [0.5, 0.6) is 0 Å². The first-order valence-corrected chi connectivity index (χ1v) is 9.59. The fourth-order valence-corrected chi connectivity index (χ4v) is 3.74. The summed E-state index contributed by atoms with van der Waals surface area (Å²) in [6.45, 7) is 4.34. The fraction of sp³-hybridized carbons (Fsp3) is 0.300. The van der Waals surface area contributed by atoms with Crippen LogP contribution in [-0.2, 0) is 17.8 Å². The monoisotopic (exact) mass is 390 g/mol. The Labute approximate surface area is 168 Å². The van der Waals surface area contributed by atoms with Crippen LogP contribution in [0.3, 0.4) is 0 Å². The minimum atomic E-state index is 0.264. The molecule has 2 aliphatic rings. The second-order valence-electron chi connectivity index (χ2n) is 7.15. The largest absolute Gasteiger partial charge is 0.399 e. The molecule has 0 saturated carbocycles. The van der Waals surface area contributed by atoms with Crippen LogP contribution in [0.2, 0.25) is 0 Å². The third-order valence-corrected chi connectivity index (χ3v) is 5.22. The molecule has 0 aliphatic carbocycles. The van der Waals surface area contributed by atoms with Crippen LogP contribution in [-0.4, -0.2) is 46.2 Å². The van der Waals surface area contributed by atoms with Gasteiger partial charge in [0.1, 0.15) is 11.6 Å². The van der Waals surface area contributed by atoms with Crippen LogP contribution in [0.15, 0.2) is 36.5 Å². The molecule has 4 heterocycles. The lowest BCUT2D eigenvalue weighted by Gasteiger charge is -2.29. The molecular weight excluding hydrogens is 368 g/mol. The Bertz CT molecular complexity index is 1030. The van der Waals surface area contributed by atoms with E-state index in [-0.39, 0.29) is 5.95 Å². The zero-order valence-corrected chi connectivity index (χ0v) is 16.0. The molecule has 9 nitrogen and oxygen atoms in total. The molecule has 29 heavy (non-hydrogen) atoms. The first-order valence-electron chi connectivity index (χ1n) is 9.59. The van der Waals surface area contributed by atoms with Gasteiger partial charge in [-0.25, -0.2) is 15.0 Å². The number of nitrogen functional groups attached to an aromatic ring is 2. The lowest BCUT2D eigenvalue weighted by molar-refractivity contribution is 0.122. The van der Waals surface area contributed by atoms with Gasteiger partial charge in [-0.15, -0.1) is 0 Å². The molecule has 4 N–H and O–H groups in total. The number of aromatic nitrogens is 4. The van der Waals surface area contributed by atoms with Gasteiger partial charge in [-0.2, -0.15) is 4.98 Å². The highest BCUT2D eigenvalue weighted by atomic mass is 16.5. The molecule has 148 valence electrons. The molecule has 0 radical (unpaired) electrons. The molecule has 0 unspecified atom stereocenters. The number of fused-ring (bicyclic) bond motifs is 1. The Balaban J connectivity index is 1.56. The van der Waals surface area contributed by atoms with Crippen LogP contribution in [0, 0.1) is 0 Å². The third-order valence-electron chi connectivity index (χ3n) is 5.22. The van der Waals surface area contributed by atoms with Gasteiger partial charge in [0, 0.05) is 36.1 Å². The normalized spacial score (nSPS) is 16.1. The molecule has 0 amide bonds. The summed E-state index contributed by atoms with van der Waals surface area (Å²) < 4.78 is 5.53. The van der Waals surface area contributed by atoms with Crippen LogP contribution in [0.25, 0.3) is 11.4 Å². The standard InChI is InChI=1S/C20H22N8O/c21-14-3-1-13(2-4-14)18-24-16-12-28(17-5-6-23-20(22)25-17)11-15(16)19(26-18)27-7-9-29-10-8-27/h1-6H,7-12,21H2,(H2,22,23,25). The van der Waals surface area contributed by atoms with Gasteiger partial charge in [0.15, 0.2) is 5.82 Å². The van der Waals surface area contributed by atoms with Gasteiger partial charge in [0.25, 0.3) is 0 Å². The summed E-state index contributed by atoms with van der Waals surface area (Å²) >= 11 is 0. The summed E-state index contributed by atoms with van der Waals surface area (Å²) in [7, 11) is 0. The molecule has 1 saturated heterocycles. The first kappa shape index (κ1) is 17.6. The minimum absolute atomic E-state index is 0.264. The van der Waals surface area contributed by atoms with E-state index in [4.69, 9.17) is 26.2 Å². The Kier molecular flexibility index (Phi) is 4.36. The van der Waals surface area contributed by atoms with E-state index >= 15 is 0 Å². The second kappa shape index (κ2) is 7.17. The van der Waals surface area contributed by atoms with E-state index in [2.05, 4.69) is 19.8 Å². The molecular formula is C20H22N8O. The summed E-state index contributed by atoms with van der Waals surface area (Å²) in [5, 5.41) is 0. The molecule has 9 heteroatoms. The highest BCUT2D eigenvalue weighted by Gasteiger charge is 2.29. The van der Waals surface area contributed by atoms with E-state index in [1.54, 1.807) is 6.20 Å². The van der Waals surface area contributed by atoms with Gasteiger partial charge in [-0.3, -0.25) is 0 Å². The van der Waals surface area contributed by atoms with Crippen LogP contribution < -0.4 is 21.3 Å².